The molecule has 0 aliphatic carbocycles. The number of thiazole rings is 1. The van der Waals surface area contributed by atoms with Gasteiger partial charge in [0.2, 0.25) is 0 Å². The van der Waals surface area contributed by atoms with Gasteiger partial charge in [0.25, 0.3) is 5.91 Å². The zero-order valence-corrected chi connectivity index (χ0v) is 13.6. The highest BCUT2D eigenvalue weighted by atomic mass is 32.1. The van der Waals surface area contributed by atoms with Crippen LogP contribution < -0.4 is 5.32 Å². The van der Waals surface area contributed by atoms with Gasteiger partial charge in [0.05, 0.1) is 4.88 Å². The Hall–Kier alpha value is -2.98. The van der Waals surface area contributed by atoms with E-state index in [0.717, 1.165) is 21.2 Å². The first kappa shape index (κ1) is 14.6. The molecule has 1 N–H and O–H groups in total. The molecule has 116 valence electrons. The lowest BCUT2D eigenvalue weighted by molar-refractivity contribution is 0.102. The minimum absolute atomic E-state index is 0.144. The average Bonchev–Trinajstić information content (AvgIpc) is 3.10. The van der Waals surface area contributed by atoms with Crippen molar-refractivity contribution in [2.45, 2.75) is 0 Å². The van der Waals surface area contributed by atoms with Gasteiger partial charge in [0.15, 0.2) is 5.13 Å². The first-order valence-corrected chi connectivity index (χ1v) is 8.43. The Bertz CT molecular complexity index is 1010. The summed E-state index contributed by atoms with van der Waals surface area (Å²) in [6.07, 6.45) is 1.79. The number of aromatic nitrogens is 1. The van der Waals surface area contributed by atoms with Gasteiger partial charge < -0.3 is 0 Å². The zero-order valence-electron chi connectivity index (χ0n) is 12.8. The molecule has 0 spiro atoms. The van der Waals surface area contributed by atoms with E-state index in [0.29, 0.717) is 10.7 Å². The van der Waals surface area contributed by atoms with E-state index in [2.05, 4.69) is 10.3 Å². The fourth-order valence-electron chi connectivity index (χ4n) is 2.57. The predicted octanol–water partition coefficient (Wildman–Crippen LogP) is 5.22. The van der Waals surface area contributed by atoms with Crippen LogP contribution in [-0.2, 0) is 0 Å². The largest absolute Gasteiger partial charge is 0.298 e. The second-order valence-corrected chi connectivity index (χ2v) is 6.44. The highest BCUT2D eigenvalue weighted by molar-refractivity contribution is 7.19. The Kier molecular flexibility index (Phi) is 3.81. The summed E-state index contributed by atoms with van der Waals surface area (Å²) >= 11 is 1.47. The number of hydrogen-bond donors (Lipinski definition) is 1. The average molecular weight is 330 g/mol. The minimum atomic E-state index is -0.144. The van der Waals surface area contributed by atoms with Crippen LogP contribution in [0.25, 0.3) is 21.2 Å². The number of nitrogens with one attached hydrogen (secondary N) is 1. The van der Waals surface area contributed by atoms with Crippen molar-refractivity contribution < 1.29 is 4.79 Å². The lowest BCUT2D eigenvalue weighted by Crippen LogP contribution is -2.11. The van der Waals surface area contributed by atoms with Crippen molar-refractivity contribution >= 4 is 33.1 Å². The van der Waals surface area contributed by atoms with Gasteiger partial charge >= 0.3 is 0 Å². The number of nitrogens with zero attached hydrogens (tertiary/aromatic N) is 1. The molecule has 0 aliphatic heterocycles. The standard InChI is InChI=1S/C20H14N2OS/c23-19(17-11-10-14-6-4-5-9-16(14)12-17)22-20-21-13-18(24-20)15-7-2-1-3-8-15/h1-13H,(H,21,22,23). The first-order valence-electron chi connectivity index (χ1n) is 7.61. The lowest BCUT2D eigenvalue weighted by atomic mass is 10.1. The molecule has 3 nitrogen and oxygen atoms in total. The molecule has 0 atom stereocenters. The normalized spacial score (nSPS) is 10.7. The smallest absolute Gasteiger partial charge is 0.257 e. The van der Waals surface area contributed by atoms with Gasteiger partial charge in [0, 0.05) is 11.8 Å². The second-order valence-electron chi connectivity index (χ2n) is 5.41. The van der Waals surface area contributed by atoms with E-state index in [4.69, 9.17) is 0 Å². The van der Waals surface area contributed by atoms with E-state index in [1.807, 2.05) is 72.8 Å². The lowest BCUT2D eigenvalue weighted by Gasteiger charge is -2.03. The number of anilines is 1. The van der Waals surface area contributed by atoms with Crippen LogP contribution in [0.4, 0.5) is 5.13 Å². The van der Waals surface area contributed by atoms with Crippen molar-refractivity contribution in [1.29, 1.82) is 0 Å². The Balaban J connectivity index is 1.56. The number of carbonyl (C=O) groups is 1. The third kappa shape index (κ3) is 2.92. The fraction of sp³-hybridized carbons (Fsp3) is 0. The molecule has 0 fully saturated rings. The second kappa shape index (κ2) is 6.26. The van der Waals surface area contributed by atoms with Crippen molar-refractivity contribution in [3.05, 3.63) is 84.6 Å². The van der Waals surface area contributed by atoms with E-state index < -0.39 is 0 Å². The van der Waals surface area contributed by atoms with E-state index in [9.17, 15) is 4.79 Å². The van der Waals surface area contributed by atoms with Crippen LogP contribution in [0.15, 0.2) is 79.0 Å². The molecule has 0 saturated heterocycles. The molecule has 1 amide bonds. The van der Waals surface area contributed by atoms with Crippen LogP contribution in [0.2, 0.25) is 0 Å². The Morgan fingerprint density at radius 1 is 0.875 bits per heavy atom. The first-order chi connectivity index (χ1) is 11.8. The molecule has 0 saturated carbocycles. The minimum Gasteiger partial charge on any atom is -0.298 e. The number of rotatable bonds is 3. The summed E-state index contributed by atoms with van der Waals surface area (Å²) in [5, 5.41) is 5.66. The van der Waals surface area contributed by atoms with Crippen molar-refractivity contribution in [3.63, 3.8) is 0 Å². The SMILES string of the molecule is O=C(Nc1ncc(-c2ccccc2)s1)c1ccc2ccccc2c1. The van der Waals surface area contributed by atoms with Crippen molar-refractivity contribution in [3.8, 4) is 10.4 Å². The van der Waals surface area contributed by atoms with E-state index in [-0.39, 0.29) is 5.91 Å². The maximum atomic E-state index is 12.5. The predicted molar refractivity (Wildman–Crippen MR) is 99.5 cm³/mol. The molecular weight excluding hydrogens is 316 g/mol. The van der Waals surface area contributed by atoms with Gasteiger partial charge in [-0.05, 0) is 28.5 Å². The maximum Gasteiger partial charge on any atom is 0.257 e. The third-order valence-electron chi connectivity index (χ3n) is 3.80. The Morgan fingerprint density at radius 2 is 1.62 bits per heavy atom. The summed E-state index contributed by atoms with van der Waals surface area (Å²) in [7, 11) is 0. The summed E-state index contributed by atoms with van der Waals surface area (Å²) in [6, 6.07) is 23.7. The van der Waals surface area contributed by atoms with Crippen LogP contribution in [0, 0.1) is 0 Å². The van der Waals surface area contributed by atoms with E-state index >= 15 is 0 Å². The highest BCUT2D eigenvalue weighted by Crippen LogP contribution is 2.29. The summed E-state index contributed by atoms with van der Waals surface area (Å²) in [6.45, 7) is 0. The van der Waals surface area contributed by atoms with E-state index in [1.54, 1.807) is 6.20 Å². The molecular formula is C20H14N2OS. The van der Waals surface area contributed by atoms with Crippen LogP contribution >= 0.6 is 11.3 Å². The molecule has 0 aliphatic rings. The molecule has 4 heteroatoms. The highest BCUT2D eigenvalue weighted by Gasteiger charge is 2.10. The van der Waals surface area contributed by atoms with Crippen LogP contribution in [0.5, 0.6) is 0 Å². The molecule has 1 aromatic heterocycles. The summed E-state index contributed by atoms with van der Waals surface area (Å²) in [4.78, 5) is 17.8. The molecule has 0 unspecified atom stereocenters. The van der Waals surface area contributed by atoms with Gasteiger partial charge in [-0.15, -0.1) is 0 Å². The molecule has 4 rings (SSSR count). The number of fused-ring (bicyclic) bond motifs is 1. The number of amides is 1. The van der Waals surface area contributed by atoms with Gasteiger partial charge in [-0.3, -0.25) is 10.1 Å². The van der Waals surface area contributed by atoms with Crippen LogP contribution in [-0.4, -0.2) is 10.9 Å². The third-order valence-corrected chi connectivity index (χ3v) is 4.76. The molecule has 24 heavy (non-hydrogen) atoms. The van der Waals surface area contributed by atoms with Gasteiger partial charge in [-0.2, -0.15) is 0 Å². The van der Waals surface area contributed by atoms with Gasteiger partial charge in [0.1, 0.15) is 0 Å². The number of carbonyl (C=O) groups excluding carboxylic acids is 1. The summed E-state index contributed by atoms with van der Waals surface area (Å²) < 4.78 is 0. The van der Waals surface area contributed by atoms with Crippen LogP contribution in [0.3, 0.4) is 0 Å². The van der Waals surface area contributed by atoms with Crippen molar-refractivity contribution in [1.82, 2.24) is 4.98 Å². The Morgan fingerprint density at radius 3 is 2.46 bits per heavy atom. The van der Waals surface area contributed by atoms with Gasteiger partial charge in [-0.25, -0.2) is 4.98 Å². The van der Waals surface area contributed by atoms with Crippen LogP contribution in [0.1, 0.15) is 10.4 Å². The maximum absolute atomic E-state index is 12.5. The Labute approximate surface area is 143 Å². The fourth-order valence-corrected chi connectivity index (χ4v) is 3.38. The topological polar surface area (TPSA) is 42.0 Å². The molecule has 1 heterocycles. The quantitative estimate of drug-likeness (QED) is 0.560. The number of benzene rings is 3. The molecule has 0 radical (unpaired) electrons. The van der Waals surface area contributed by atoms with E-state index in [1.165, 1.54) is 11.3 Å². The molecule has 0 bridgehead atoms. The van der Waals surface area contributed by atoms with Crippen molar-refractivity contribution in [2.75, 3.05) is 5.32 Å². The van der Waals surface area contributed by atoms with Crippen molar-refractivity contribution in [2.24, 2.45) is 0 Å². The molecule has 3 aromatic carbocycles. The summed E-state index contributed by atoms with van der Waals surface area (Å²) in [5.41, 5.74) is 1.73. The van der Waals surface area contributed by atoms with Gasteiger partial charge in [-0.1, -0.05) is 72.0 Å². The monoisotopic (exact) mass is 330 g/mol. The zero-order chi connectivity index (χ0) is 16.4. The number of hydrogen-bond acceptors (Lipinski definition) is 3. The summed E-state index contributed by atoms with van der Waals surface area (Å²) in [5.74, 6) is -0.144. The molecule has 4 aromatic rings.